The molecule has 12 heteroatoms. The van der Waals surface area contributed by atoms with Gasteiger partial charge in [-0.3, -0.25) is 14.8 Å². The topological polar surface area (TPSA) is 132 Å². The highest BCUT2D eigenvalue weighted by molar-refractivity contribution is 7.92. The molecule has 3 N–H and O–H groups in total. The van der Waals surface area contributed by atoms with Crippen molar-refractivity contribution in [1.29, 1.82) is 0 Å². The number of thiocarbonyl (C=S) groups is 1. The molecule has 1 aromatic heterocycles. The van der Waals surface area contributed by atoms with Gasteiger partial charge >= 0.3 is 0 Å². The van der Waals surface area contributed by atoms with Crippen LogP contribution in [0.3, 0.4) is 0 Å². The highest BCUT2D eigenvalue weighted by Crippen LogP contribution is 2.19. The van der Waals surface area contributed by atoms with Crippen molar-refractivity contribution in [3.05, 3.63) is 66.5 Å². The van der Waals surface area contributed by atoms with Gasteiger partial charge in [-0.25, -0.2) is 18.4 Å². The molecule has 2 aromatic carbocycles. The van der Waals surface area contributed by atoms with E-state index >= 15 is 0 Å². The second kappa shape index (κ2) is 11.4. The Morgan fingerprint density at radius 1 is 1.09 bits per heavy atom. The Kier molecular flexibility index (Phi) is 8.33. The molecule has 0 radical (unpaired) electrons. The van der Waals surface area contributed by atoms with Crippen LogP contribution in [0.25, 0.3) is 0 Å². The molecule has 3 rings (SSSR count). The van der Waals surface area contributed by atoms with Gasteiger partial charge in [0.25, 0.3) is 15.9 Å². The van der Waals surface area contributed by atoms with E-state index < -0.39 is 15.9 Å². The fourth-order valence-electron chi connectivity index (χ4n) is 2.71. The molecule has 1 amide bonds. The minimum absolute atomic E-state index is 0.00878. The van der Waals surface area contributed by atoms with Crippen molar-refractivity contribution in [2.45, 2.75) is 18.2 Å². The molecule has 0 aliphatic heterocycles. The fraction of sp³-hybridized carbons (Fsp3) is 0.182. The third-order valence-corrected chi connectivity index (χ3v) is 5.88. The Balaban J connectivity index is 1.60. The largest absolute Gasteiger partial charge is 0.494 e. The number of sulfonamides is 1. The quantitative estimate of drug-likeness (QED) is 0.378. The molecule has 3 aromatic rings. The van der Waals surface area contributed by atoms with Gasteiger partial charge < -0.3 is 14.8 Å². The molecule has 0 fully saturated rings. The molecule has 0 unspecified atom stereocenters. The number of hydrogen-bond donors (Lipinski definition) is 3. The third-order valence-electron chi connectivity index (χ3n) is 4.31. The Bertz CT molecular complexity index is 1270. The normalized spacial score (nSPS) is 10.8. The maximum absolute atomic E-state index is 12.6. The molecule has 34 heavy (non-hydrogen) atoms. The first-order chi connectivity index (χ1) is 16.3. The van der Waals surface area contributed by atoms with Crippen molar-refractivity contribution in [3.63, 3.8) is 0 Å². The highest BCUT2D eigenvalue weighted by Gasteiger charge is 2.16. The molecule has 0 aliphatic rings. The van der Waals surface area contributed by atoms with Crippen LogP contribution in [0.15, 0.2) is 65.8 Å². The van der Waals surface area contributed by atoms with E-state index in [1.165, 1.54) is 43.8 Å². The summed E-state index contributed by atoms with van der Waals surface area (Å²) < 4.78 is 38.1. The zero-order chi connectivity index (χ0) is 24.6. The molecule has 10 nitrogen and oxygen atoms in total. The Morgan fingerprint density at radius 3 is 2.56 bits per heavy atom. The van der Waals surface area contributed by atoms with E-state index in [2.05, 4.69) is 25.3 Å². The molecular formula is C22H23N5O5S2. The third kappa shape index (κ3) is 6.86. The summed E-state index contributed by atoms with van der Waals surface area (Å²) in [6.45, 7) is 2.55. The molecule has 0 saturated heterocycles. The van der Waals surface area contributed by atoms with Gasteiger partial charge in [0.2, 0.25) is 5.88 Å². The lowest BCUT2D eigenvalue weighted by Gasteiger charge is -2.12. The zero-order valence-corrected chi connectivity index (χ0v) is 20.1. The number of benzene rings is 2. The number of rotatable bonds is 9. The molecule has 0 saturated carbocycles. The standard InChI is InChI=1S/C22H23N5O5S2/c1-3-11-32-17-6-4-5-15(12-17)21(28)26-22(33)25-16-7-9-18(10-8-16)34(29,30)27-19-13-20(31-2)24-14-23-19/h4-10,12-14H,3,11H2,1-2H3,(H,23,24,27)(H2,25,26,28,33). The minimum atomic E-state index is -3.89. The predicted molar refractivity (Wildman–Crippen MR) is 132 cm³/mol. The number of hydrogen-bond acceptors (Lipinski definition) is 8. The van der Waals surface area contributed by atoms with Gasteiger partial charge in [-0.05, 0) is 61.1 Å². The van der Waals surface area contributed by atoms with Crippen molar-refractivity contribution < 1.29 is 22.7 Å². The summed E-state index contributed by atoms with van der Waals surface area (Å²) in [5.74, 6) is 0.493. The lowest BCUT2D eigenvalue weighted by Crippen LogP contribution is -2.34. The Labute approximate surface area is 202 Å². The van der Waals surface area contributed by atoms with Crippen molar-refractivity contribution in [2.24, 2.45) is 0 Å². The SMILES string of the molecule is CCCOc1cccc(C(=O)NC(=S)Nc2ccc(S(=O)(=O)Nc3cc(OC)ncn3)cc2)c1. The van der Waals surface area contributed by atoms with E-state index in [0.717, 1.165) is 6.42 Å². The monoisotopic (exact) mass is 501 g/mol. The molecular weight excluding hydrogens is 478 g/mol. The van der Waals surface area contributed by atoms with Gasteiger partial charge in [0, 0.05) is 17.3 Å². The smallest absolute Gasteiger partial charge is 0.263 e. The molecule has 0 aliphatic carbocycles. The first-order valence-corrected chi connectivity index (χ1v) is 12.0. The van der Waals surface area contributed by atoms with Crippen molar-refractivity contribution in [3.8, 4) is 11.6 Å². The molecule has 0 spiro atoms. The summed E-state index contributed by atoms with van der Waals surface area (Å²) in [5.41, 5.74) is 0.889. The van der Waals surface area contributed by atoms with E-state index in [1.807, 2.05) is 6.92 Å². The van der Waals surface area contributed by atoms with Crippen LogP contribution in [0.4, 0.5) is 11.5 Å². The summed E-state index contributed by atoms with van der Waals surface area (Å²) in [6.07, 6.45) is 2.05. The van der Waals surface area contributed by atoms with Crippen molar-refractivity contribution in [1.82, 2.24) is 15.3 Å². The molecule has 0 atom stereocenters. The summed E-state index contributed by atoms with van der Waals surface area (Å²) in [4.78, 5) is 20.2. The molecule has 1 heterocycles. The number of methoxy groups -OCH3 is 1. The van der Waals surface area contributed by atoms with Gasteiger partial charge in [0.15, 0.2) is 5.11 Å². The van der Waals surface area contributed by atoms with Crippen LogP contribution in [0.1, 0.15) is 23.7 Å². The number of anilines is 2. The molecule has 0 bridgehead atoms. The van der Waals surface area contributed by atoms with Crippen LogP contribution in [0.5, 0.6) is 11.6 Å². The highest BCUT2D eigenvalue weighted by atomic mass is 32.2. The van der Waals surface area contributed by atoms with Crippen molar-refractivity contribution >= 4 is 44.8 Å². The number of carbonyl (C=O) groups is 1. The molecule has 178 valence electrons. The van der Waals surface area contributed by atoms with E-state index in [-0.39, 0.29) is 21.7 Å². The van der Waals surface area contributed by atoms with Crippen LogP contribution in [-0.2, 0) is 10.0 Å². The van der Waals surface area contributed by atoms with Crippen LogP contribution in [0, 0.1) is 0 Å². The number of amides is 1. The van der Waals surface area contributed by atoms with E-state index in [0.29, 0.717) is 23.6 Å². The lowest BCUT2D eigenvalue weighted by atomic mass is 10.2. The Hall–Kier alpha value is -3.77. The van der Waals surface area contributed by atoms with Crippen LogP contribution in [0.2, 0.25) is 0 Å². The van der Waals surface area contributed by atoms with Crippen LogP contribution >= 0.6 is 12.2 Å². The maximum atomic E-state index is 12.6. The van der Waals surface area contributed by atoms with Crippen molar-refractivity contribution in [2.75, 3.05) is 23.8 Å². The first-order valence-electron chi connectivity index (χ1n) is 10.1. The van der Waals surface area contributed by atoms with E-state index in [4.69, 9.17) is 21.7 Å². The number of aromatic nitrogens is 2. The second-order valence-corrected chi connectivity index (χ2v) is 8.95. The van der Waals surface area contributed by atoms with Gasteiger partial charge in [-0.15, -0.1) is 0 Å². The average molecular weight is 502 g/mol. The van der Waals surface area contributed by atoms with Gasteiger partial charge in [-0.2, -0.15) is 0 Å². The Morgan fingerprint density at radius 2 is 1.85 bits per heavy atom. The summed E-state index contributed by atoms with van der Waals surface area (Å²) >= 11 is 5.20. The van der Waals surface area contributed by atoms with E-state index in [9.17, 15) is 13.2 Å². The summed E-state index contributed by atoms with van der Waals surface area (Å²) in [6, 6.07) is 14.0. The number of nitrogens with one attached hydrogen (secondary N) is 3. The lowest BCUT2D eigenvalue weighted by molar-refractivity contribution is 0.0977. The van der Waals surface area contributed by atoms with Crippen LogP contribution < -0.4 is 24.8 Å². The second-order valence-electron chi connectivity index (χ2n) is 6.86. The number of carbonyl (C=O) groups excluding carboxylic acids is 1. The number of nitrogens with zero attached hydrogens (tertiary/aromatic N) is 2. The van der Waals surface area contributed by atoms with Gasteiger partial charge in [0.05, 0.1) is 18.6 Å². The predicted octanol–water partition coefficient (Wildman–Crippen LogP) is 3.20. The first kappa shape index (κ1) is 24.9. The fourth-order valence-corrected chi connectivity index (χ4v) is 3.92. The summed E-state index contributed by atoms with van der Waals surface area (Å²) in [5, 5.41) is 5.50. The van der Waals surface area contributed by atoms with Gasteiger partial charge in [-0.1, -0.05) is 13.0 Å². The van der Waals surface area contributed by atoms with Gasteiger partial charge in [0.1, 0.15) is 17.9 Å². The zero-order valence-electron chi connectivity index (χ0n) is 18.4. The average Bonchev–Trinajstić information content (AvgIpc) is 2.83. The summed E-state index contributed by atoms with van der Waals surface area (Å²) in [7, 11) is -2.47. The van der Waals surface area contributed by atoms with Crippen LogP contribution in [-0.4, -0.2) is 43.1 Å². The van der Waals surface area contributed by atoms with E-state index in [1.54, 1.807) is 24.3 Å². The minimum Gasteiger partial charge on any atom is -0.494 e. The maximum Gasteiger partial charge on any atom is 0.263 e. The number of ether oxygens (including phenoxy) is 2.